The molecule has 1 heterocycles. The van der Waals surface area contributed by atoms with E-state index in [-0.39, 0.29) is 24.7 Å². The van der Waals surface area contributed by atoms with Crippen LogP contribution in [-0.2, 0) is 0 Å². The lowest BCUT2D eigenvalue weighted by molar-refractivity contribution is 0.253. The second-order valence-corrected chi connectivity index (χ2v) is 6.76. The van der Waals surface area contributed by atoms with E-state index in [1.807, 2.05) is 42.5 Å². The average Bonchev–Trinajstić information content (AvgIpc) is 3.02. The molecule has 7 heteroatoms. The Hall–Kier alpha value is -3.06. The minimum atomic E-state index is -0.525. The zero-order valence-corrected chi connectivity index (χ0v) is 16.5. The third-order valence-corrected chi connectivity index (χ3v) is 4.95. The molecule has 3 rings (SSSR count). The van der Waals surface area contributed by atoms with Crippen molar-refractivity contribution in [3.05, 3.63) is 66.2 Å². The van der Waals surface area contributed by atoms with E-state index in [1.165, 1.54) is 0 Å². The normalized spacial score (nSPS) is 17.6. The highest BCUT2D eigenvalue weighted by Gasteiger charge is 2.36. The quantitative estimate of drug-likeness (QED) is 0.589. The minimum absolute atomic E-state index is 0.0323. The summed E-state index contributed by atoms with van der Waals surface area (Å²) < 4.78 is 17.9. The highest BCUT2D eigenvalue weighted by Crippen LogP contribution is 2.47. The van der Waals surface area contributed by atoms with Gasteiger partial charge in [0.25, 0.3) is 0 Å². The summed E-state index contributed by atoms with van der Waals surface area (Å²) in [5.74, 6) is 0.637. The van der Waals surface area contributed by atoms with Crippen molar-refractivity contribution in [3.8, 4) is 5.75 Å². The fourth-order valence-corrected chi connectivity index (χ4v) is 3.67. The third kappa shape index (κ3) is 4.51. The van der Waals surface area contributed by atoms with Gasteiger partial charge < -0.3 is 26.0 Å². The fourth-order valence-electron chi connectivity index (χ4n) is 3.67. The first-order valence-electron chi connectivity index (χ1n) is 9.69. The summed E-state index contributed by atoms with van der Waals surface area (Å²) in [4.78, 5) is 14.0. The Morgan fingerprint density at radius 1 is 1.31 bits per heavy atom. The Morgan fingerprint density at radius 2 is 2.07 bits per heavy atom. The first-order chi connectivity index (χ1) is 14.1. The number of benzene rings is 2. The van der Waals surface area contributed by atoms with Crippen molar-refractivity contribution in [1.29, 1.82) is 0 Å². The number of carbonyl (C=O) groups excluding carboxylic acids is 1. The van der Waals surface area contributed by atoms with Crippen LogP contribution in [0.25, 0.3) is 0 Å². The lowest BCUT2D eigenvalue weighted by Crippen LogP contribution is -2.30. The first-order valence-corrected chi connectivity index (χ1v) is 9.69. The maximum atomic E-state index is 12.4. The molecule has 0 spiro atoms. The lowest BCUT2D eigenvalue weighted by atomic mass is 9.97. The van der Waals surface area contributed by atoms with Crippen LogP contribution in [0.2, 0.25) is 0 Å². The van der Waals surface area contributed by atoms with Gasteiger partial charge in [-0.1, -0.05) is 24.3 Å². The molecule has 0 bridgehead atoms. The molecule has 0 saturated heterocycles. The molecule has 2 unspecified atom stereocenters. The van der Waals surface area contributed by atoms with Crippen LogP contribution < -0.4 is 26.0 Å². The number of nitrogens with one attached hydrogen (secondary N) is 2. The number of carbonyl (C=O) groups is 1. The molecule has 29 heavy (non-hydrogen) atoms. The maximum Gasteiger partial charge on any atom is 0.319 e. The molecule has 154 valence electrons. The molecular weight excluding hydrogens is 371 g/mol. The summed E-state index contributed by atoms with van der Waals surface area (Å²) in [6.07, 6.45) is 1.62. The van der Waals surface area contributed by atoms with Gasteiger partial charge in [-0.2, -0.15) is 0 Å². The van der Waals surface area contributed by atoms with Crippen LogP contribution in [0.15, 0.2) is 55.1 Å². The molecule has 0 radical (unpaired) electrons. The summed E-state index contributed by atoms with van der Waals surface area (Å²) in [6, 6.07) is 12.9. The fraction of sp³-hybridized carbons (Fsp3) is 0.318. The number of hydrogen-bond donors (Lipinski definition) is 3. The minimum Gasteiger partial charge on any atom is -0.491 e. The number of rotatable bonds is 8. The number of alkyl halides is 1. The van der Waals surface area contributed by atoms with Crippen LogP contribution in [0.5, 0.6) is 5.75 Å². The Balaban J connectivity index is 1.79. The van der Waals surface area contributed by atoms with Crippen molar-refractivity contribution in [3.63, 3.8) is 0 Å². The van der Waals surface area contributed by atoms with Gasteiger partial charge in [0.1, 0.15) is 19.0 Å². The number of ether oxygens (including phenoxy) is 1. The first kappa shape index (κ1) is 20.7. The molecule has 1 aliphatic heterocycles. The highest BCUT2D eigenvalue weighted by molar-refractivity contribution is 5.89. The maximum absolute atomic E-state index is 12.4. The topological polar surface area (TPSA) is 79.6 Å². The smallest absolute Gasteiger partial charge is 0.319 e. The van der Waals surface area contributed by atoms with Crippen molar-refractivity contribution < 1.29 is 13.9 Å². The molecule has 4 N–H and O–H groups in total. The molecule has 2 aromatic rings. The van der Waals surface area contributed by atoms with E-state index in [0.717, 1.165) is 23.4 Å². The second kappa shape index (κ2) is 9.43. The number of nitrogens with two attached hydrogens (primary N) is 1. The number of amides is 2. The van der Waals surface area contributed by atoms with Crippen molar-refractivity contribution in [2.75, 3.05) is 36.6 Å². The molecule has 2 aromatic carbocycles. The van der Waals surface area contributed by atoms with E-state index < -0.39 is 6.67 Å². The molecule has 2 amide bonds. The van der Waals surface area contributed by atoms with Crippen molar-refractivity contribution >= 4 is 17.4 Å². The van der Waals surface area contributed by atoms with E-state index in [4.69, 9.17) is 10.5 Å². The van der Waals surface area contributed by atoms with Gasteiger partial charge in [-0.05, 0) is 36.2 Å². The zero-order chi connectivity index (χ0) is 20.8. The summed E-state index contributed by atoms with van der Waals surface area (Å²) in [5, 5.41) is 5.46. The van der Waals surface area contributed by atoms with Crippen molar-refractivity contribution in [1.82, 2.24) is 5.32 Å². The predicted octanol–water partition coefficient (Wildman–Crippen LogP) is 3.92. The number of anilines is 2. The molecule has 1 aliphatic rings. The molecular formula is C22H27FN4O2. The standard InChI is InChI=1S/C22H27FN4O2/c1-3-12-25-22(28)26-16-7-5-15(6-8-16)21-20(24)18-10-9-17(29-13-11-23)14-19(18)27(21)4-2/h3,5-10,14,20-21H,1,4,11-13,24H2,2H3,(H2,25,26,28). The number of hydrogen-bond acceptors (Lipinski definition) is 4. The van der Waals surface area contributed by atoms with Crippen LogP contribution >= 0.6 is 0 Å². The summed E-state index contributed by atoms with van der Waals surface area (Å²) in [6.45, 7) is 6.33. The van der Waals surface area contributed by atoms with Crippen molar-refractivity contribution in [2.45, 2.75) is 19.0 Å². The van der Waals surface area contributed by atoms with E-state index in [2.05, 4.69) is 29.0 Å². The van der Waals surface area contributed by atoms with Crippen LogP contribution in [0.4, 0.5) is 20.6 Å². The van der Waals surface area contributed by atoms with Gasteiger partial charge in [0, 0.05) is 30.5 Å². The highest BCUT2D eigenvalue weighted by atomic mass is 19.1. The van der Waals surface area contributed by atoms with Gasteiger partial charge in [0.05, 0.1) is 12.1 Å². The molecule has 0 fully saturated rings. The zero-order valence-electron chi connectivity index (χ0n) is 16.5. The Labute approximate surface area is 170 Å². The number of halogens is 1. The molecule has 2 atom stereocenters. The Morgan fingerprint density at radius 3 is 2.72 bits per heavy atom. The number of fused-ring (bicyclic) bond motifs is 1. The SMILES string of the molecule is C=CCNC(=O)Nc1ccc(C2C(N)c3ccc(OCCF)cc3N2CC)cc1. The molecule has 0 saturated carbocycles. The molecule has 6 nitrogen and oxygen atoms in total. The average molecular weight is 398 g/mol. The molecule has 0 aliphatic carbocycles. The lowest BCUT2D eigenvalue weighted by Gasteiger charge is -2.28. The summed E-state index contributed by atoms with van der Waals surface area (Å²) in [7, 11) is 0. The largest absolute Gasteiger partial charge is 0.491 e. The number of urea groups is 1. The van der Waals surface area contributed by atoms with Gasteiger partial charge in [-0.15, -0.1) is 6.58 Å². The Kier molecular flexibility index (Phi) is 6.72. The van der Waals surface area contributed by atoms with Gasteiger partial charge >= 0.3 is 6.03 Å². The van der Waals surface area contributed by atoms with Crippen LogP contribution in [0.3, 0.4) is 0 Å². The van der Waals surface area contributed by atoms with Crippen molar-refractivity contribution in [2.24, 2.45) is 5.73 Å². The van der Waals surface area contributed by atoms with Gasteiger partial charge in [-0.3, -0.25) is 0 Å². The summed E-state index contributed by atoms with van der Waals surface area (Å²) in [5.41, 5.74) is 10.4. The van der Waals surface area contributed by atoms with Gasteiger partial charge in [-0.25, -0.2) is 9.18 Å². The summed E-state index contributed by atoms with van der Waals surface area (Å²) >= 11 is 0. The number of nitrogens with zero attached hydrogens (tertiary/aromatic N) is 1. The van der Waals surface area contributed by atoms with Crippen LogP contribution in [-0.4, -0.2) is 32.4 Å². The van der Waals surface area contributed by atoms with Gasteiger partial charge in [0.2, 0.25) is 0 Å². The van der Waals surface area contributed by atoms with E-state index in [1.54, 1.807) is 6.08 Å². The monoisotopic (exact) mass is 398 g/mol. The van der Waals surface area contributed by atoms with E-state index in [9.17, 15) is 9.18 Å². The van der Waals surface area contributed by atoms with Crippen LogP contribution in [0, 0.1) is 0 Å². The van der Waals surface area contributed by atoms with Gasteiger partial charge in [0.15, 0.2) is 0 Å². The number of likely N-dealkylation sites (N-methyl/N-ethyl adjacent to an activating group) is 1. The predicted molar refractivity (Wildman–Crippen MR) is 114 cm³/mol. The Bertz CT molecular complexity index is 856. The van der Waals surface area contributed by atoms with E-state index in [0.29, 0.717) is 18.0 Å². The molecule has 0 aromatic heterocycles. The third-order valence-electron chi connectivity index (χ3n) is 4.95. The second-order valence-electron chi connectivity index (χ2n) is 6.76. The van der Waals surface area contributed by atoms with E-state index >= 15 is 0 Å². The van der Waals surface area contributed by atoms with Crippen LogP contribution in [0.1, 0.15) is 30.1 Å².